The van der Waals surface area contributed by atoms with Crippen LogP contribution in [-0.4, -0.2) is 32.6 Å². The second-order valence-corrected chi connectivity index (χ2v) is 4.05. The van der Waals surface area contributed by atoms with E-state index >= 15 is 0 Å². The summed E-state index contributed by atoms with van der Waals surface area (Å²) in [5.41, 5.74) is -0.274. The highest BCUT2D eigenvalue weighted by Gasteiger charge is 2.33. The van der Waals surface area contributed by atoms with Gasteiger partial charge in [-0.3, -0.25) is 14.4 Å². The van der Waals surface area contributed by atoms with Gasteiger partial charge in [-0.15, -0.1) is 0 Å². The van der Waals surface area contributed by atoms with Gasteiger partial charge in [0.25, 0.3) is 5.78 Å². The maximum Gasteiger partial charge on any atom is 0.352 e. The Labute approximate surface area is 104 Å². The normalized spacial score (nSPS) is 13.1. The molecule has 7 heteroatoms. The van der Waals surface area contributed by atoms with Crippen molar-refractivity contribution in [2.45, 2.75) is 0 Å². The number of carbonyl (C=O) groups is 3. The van der Waals surface area contributed by atoms with Crippen molar-refractivity contribution in [3.63, 3.8) is 0 Å². The highest BCUT2D eigenvalue weighted by Crippen LogP contribution is 2.31. The Morgan fingerprint density at radius 3 is 2.37 bits per heavy atom. The highest BCUT2D eigenvalue weighted by atomic mass is 16.4. The van der Waals surface area contributed by atoms with Crippen molar-refractivity contribution in [3.8, 4) is 11.3 Å². The van der Waals surface area contributed by atoms with E-state index in [1.165, 1.54) is 12.1 Å². The summed E-state index contributed by atoms with van der Waals surface area (Å²) in [7, 11) is 0. The van der Waals surface area contributed by atoms with Crippen LogP contribution < -0.4 is 5.56 Å². The molecule has 0 saturated carbocycles. The van der Waals surface area contributed by atoms with Crippen molar-refractivity contribution >= 4 is 17.5 Å². The summed E-state index contributed by atoms with van der Waals surface area (Å²) in [5, 5.41) is 8.89. The zero-order chi connectivity index (χ0) is 13.7. The average Bonchev–Trinajstić information content (AvgIpc) is 2.81. The van der Waals surface area contributed by atoms with E-state index in [-0.39, 0.29) is 22.6 Å². The molecule has 0 radical (unpaired) electrons. The number of hydrogen-bond acceptors (Lipinski definition) is 4. The monoisotopic (exact) mass is 258 g/mol. The zero-order valence-corrected chi connectivity index (χ0v) is 9.31. The number of carboxylic acids is 1. The molecule has 0 aliphatic heterocycles. The van der Waals surface area contributed by atoms with E-state index in [0.717, 1.165) is 6.07 Å². The molecule has 0 unspecified atom stereocenters. The molecule has 1 aliphatic rings. The minimum Gasteiger partial charge on any atom is -0.477 e. The lowest BCUT2D eigenvalue weighted by Crippen LogP contribution is -2.24. The first-order chi connectivity index (χ1) is 8.99. The Kier molecular flexibility index (Phi) is 2.06. The zero-order valence-electron chi connectivity index (χ0n) is 9.31. The molecule has 1 aliphatic carbocycles. The molecule has 19 heavy (non-hydrogen) atoms. The number of Topliss-reactive ketones (excluding diaryl/α,β-unsaturated/α-hetero) is 2. The lowest BCUT2D eigenvalue weighted by Gasteiger charge is -2.12. The number of carboxylic acid groups (broad SMARTS) is 1. The number of aromatic nitrogens is 2. The van der Waals surface area contributed by atoms with Gasteiger partial charge in [0.05, 0.1) is 11.3 Å². The molecular weight excluding hydrogens is 252 g/mol. The summed E-state index contributed by atoms with van der Waals surface area (Å²) in [6.07, 6.45) is 0. The standard InChI is InChI=1S/C12H6N2O5/c15-7-2-1-4-8-5(3-6(13-8)12(18)19)10(16)11(17)9(4)14-7/h1-3,13H,(H,14,15)(H,18,19). The SMILES string of the molecule is O=C(O)c1cc2c([nH]1)-c1ccc(=O)[nH]c1C(=O)C2=O. The van der Waals surface area contributed by atoms with E-state index in [1.54, 1.807) is 0 Å². The number of aromatic carboxylic acids is 1. The number of aromatic amines is 2. The molecule has 0 fully saturated rings. The van der Waals surface area contributed by atoms with Crippen molar-refractivity contribution in [2.24, 2.45) is 0 Å². The fraction of sp³-hybridized carbons (Fsp3) is 0. The van der Waals surface area contributed by atoms with Crippen molar-refractivity contribution in [2.75, 3.05) is 0 Å². The predicted molar refractivity (Wildman–Crippen MR) is 62.5 cm³/mol. The fourth-order valence-electron chi connectivity index (χ4n) is 2.06. The Bertz CT molecular complexity index is 812. The van der Waals surface area contributed by atoms with Gasteiger partial charge in [-0.25, -0.2) is 4.79 Å². The average molecular weight is 258 g/mol. The topological polar surface area (TPSA) is 120 Å². The number of pyridine rings is 1. The molecule has 94 valence electrons. The summed E-state index contributed by atoms with van der Waals surface area (Å²) in [5.74, 6) is -2.93. The van der Waals surface area contributed by atoms with Crippen LogP contribution in [0.5, 0.6) is 0 Å². The first-order valence-electron chi connectivity index (χ1n) is 5.28. The molecule has 7 nitrogen and oxygen atoms in total. The molecule has 3 rings (SSSR count). The molecule has 2 heterocycles. The molecule has 0 spiro atoms. The van der Waals surface area contributed by atoms with Gasteiger partial charge in [0.1, 0.15) is 11.4 Å². The Balaban J connectivity index is 2.36. The third-order valence-electron chi connectivity index (χ3n) is 2.91. The molecule has 0 amide bonds. The van der Waals surface area contributed by atoms with Crippen LogP contribution in [0.3, 0.4) is 0 Å². The second kappa shape index (κ2) is 3.52. The largest absolute Gasteiger partial charge is 0.477 e. The Morgan fingerprint density at radius 2 is 1.68 bits per heavy atom. The molecule has 0 bridgehead atoms. The van der Waals surface area contributed by atoms with Crippen LogP contribution in [0.4, 0.5) is 0 Å². The third-order valence-corrected chi connectivity index (χ3v) is 2.91. The maximum absolute atomic E-state index is 11.8. The van der Waals surface area contributed by atoms with Crippen LogP contribution in [0.25, 0.3) is 11.3 Å². The number of ketones is 2. The molecule has 2 aromatic heterocycles. The quantitative estimate of drug-likeness (QED) is 0.641. The van der Waals surface area contributed by atoms with Crippen LogP contribution in [0.15, 0.2) is 23.0 Å². The first-order valence-corrected chi connectivity index (χ1v) is 5.28. The number of rotatable bonds is 1. The van der Waals surface area contributed by atoms with Gasteiger partial charge in [0, 0.05) is 11.6 Å². The van der Waals surface area contributed by atoms with Crippen molar-refractivity contribution in [3.05, 3.63) is 45.5 Å². The van der Waals surface area contributed by atoms with Crippen LogP contribution in [0, 0.1) is 0 Å². The summed E-state index contributed by atoms with van der Waals surface area (Å²) in [6, 6.07) is 3.69. The van der Waals surface area contributed by atoms with Gasteiger partial charge in [0.2, 0.25) is 11.3 Å². The van der Waals surface area contributed by atoms with Gasteiger partial charge in [-0.1, -0.05) is 0 Å². The van der Waals surface area contributed by atoms with E-state index in [9.17, 15) is 19.2 Å². The number of carbonyl (C=O) groups excluding carboxylic acids is 2. The number of nitrogens with one attached hydrogen (secondary N) is 2. The van der Waals surface area contributed by atoms with Crippen molar-refractivity contribution in [1.82, 2.24) is 9.97 Å². The van der Waals surface area contributed by atoms with Crippen LogP contribution in [0.2, 0.25) is 0 Å². The predicted octanol–water partition coefficient (Wildman–Crippen LogP) is 0.447. The highest BCUT2D eigenvalue weighted by molar-refractivity contribution is 6.52. The van der Waals surface area contributed by atoms with Crippen LogP contribution in [0.1, 0.15) is 31.3 Å². The number of fused-ring (bicyclic) bond motifs is 3. The third kappa shape index (κ3) is 1.45. The van der Waals surface area contributed by atoms with E-state index in [0.29, 0.717) is 5.56 Å². The minimum atomic E-state index is -1.24. The van der Waals surface area contributed by atoms with Crippen LogP contribution in [-0.2, 0) is 0 Å². The molecular formula is C12H6N2O5. The van der Waals surface area contributed by atoms with Gasteiger partial charge < -0.3 is 15.1 Å². The molecule has 0 atom stereocenters. The van der Waals surface area contributed by atoms with E-state index < -0.39 is 23.1 Å². The summed E-state index contributed by atoms with van der Waals surface area (Å²) in [6.45, 7) is 0. The van der Waals surface area contributed by atoms with Crippen molar-refractivity contribution < 1.29 is 19.5 Å². The van der Waals surface area contributed by atoms with Gasteiger partial charge in [0.15, 0.2) is 0 Å². The van der Waals surface area contributed by atoms with Gasteiger partial charge >= 0.3 is 5.97 Å². The first kappa shape index (κ1) is 11.1. The number of hydrogen-bond donors (Lipinski definition) is 3. The molecule has 0 saturated heterocycles. The van der Waals surface area contributed by atoms with E-state index in [4.69, 9.17) is 5.11 Å². The molecule has 0 aromatic carbocycles. The summed E-state index contributed by atoms with van der Waals surface area (Å²) in [4.78, 5) is 50.6. The molecule has 3 N–H and O–H groups in total. The second-order valence-electron chi connectivity index (χ2n) is 4.05. The Morgan fingerprint density at radius 1 is 0.947 bits per heavy atom. The van der Waals surface area contributed by atoms with Crippen molar-refractivity contribution in [1.29, 1.82) is 0 Å². The lowest BCUT2D eigenvalue weighted by atomic mass is 9.92. The maximum atomic E-state index is 11.8. The molecule has 2 aromatic rings. The number of H-pyrrole nitrogens is 2. The smallest absolute Gasteiger partial charge is 0.352 e. The summed E-state index contributed by atoms with van der Waals surface area (Å²) < 4.78 is 0. The van der Waals surface area contributed by atoms with Crippen LogP contribution >= 0.6 is 0 Å². The fourth-order valence-corrected chi connectivity index (χ4v) is 2.06. The lowest BCUT2D eigenvalue weighted by molar-refractivity contribution is 0.0691. The summed E-state index contributed by atoms with van der Waals surface area (Å²) >= 11 is 0. The minimum absolute atomic E-state index is 0.00180. The van der Waals surface area contributed by atoms with E-state index in [1.807, 2.05) is 0 Å². The Hall–Kier alpha value is -2.96. The van der Waals surface area contributed by atoms with E-state index in [2.05, 4.69) is 9.97 Å². The van der Waals surface area contributed by atoms with Gasteiger partial charge in [-0.05, 0) is 12.1 Å². The van der Waals surface area contributed by atoms with Gasteiger partial charge in [-0.2, -0.15) is 0 Å².